The summed E-state index contributed by atoms with van der Waals surface area (Å²) >= 11 is 0. The van der Waals surface area contributed by atoms with Crippen molar-refractivity contribution in [2.75, 3.05) is 18.4 Å². The minimum absolute atomic E-state index is 0.00733. The van der Waals surface area contributed by atoms with Gasteiger partial charge in [-0.25, -0.2) is 4.68 Å². The van der Waals surface area contributed by atoms with E-state index < -0.39 is 0 Å². The Morgan fingerprint density at radius 3 is 2.78 bits per heavy atom. The van der Waals surface area contributed by atoms with E-state index in [4.69, 9.17) is 4.98 Å². The highest BCUT2D eigenvalue weighted by Crippen LogP contribution is 2.31. The van der Waals surface area contributed by atoms with Gasteiger partial charge in [-0.2, -0.15) is 5.10 Å². The average molecular weight is 432 g/mol. The lowest BCUT2D eigenvalue weighted by Crippen LogP contribution is -2.34. The molecule has 0 radical (unpaired) electrons. The van der Waals surface area contributed by atoms with E-state index in [1.54, 1.807) is 6.20 Å². The summed E-state index contributed by atoms with van der Waals surface area (Å²) in [5, 5.41) is 7.33. The Bertz CT molecular complexity index is 1090. The van der Waals surface area contributed by atoms with Crippen LogP contribution in [0.15, 0.2) is 48.7 Å². The molecule has 0 aliphatic carbocycles. The van der Waals surface area contributed by atoms with E-state index in [1.165, 1.54) is 16.7 Å². The molecule has 0 unspecified atom stereocenters. The number of carbonyl (C=O) groups excluding carboxylic acids is 1. The summed E-state index contributed by atoms with van der Waals surface area (Å²) in [7, 11) is 0. The van der Waals surface area contributed by atoms with Gasteiger partial charge in [0.25, 0.3) is 0 Å². The van der Waals surface area contributed by atoms with Crippen molar-refractivity contribution in [2.24, 2.45) is 0 Å². The number of carbonyl (C=O) groups is 1. The molecule has 3 aromatic rings. The van der Waals surface area contributed by atoms with Crippen molar-refractivity contribution >= 4 is 11.7 Å². The maximum absolute atomic E-state index is 12.8. The van der Waals surface area contributed by atoms with Crippen LogP contribution in [0.2, 0.25) is 0 Å². The van der Waals surface area contributed by atoms with Crippen molar-refractivity contribution in [1.29, 1.82) is 0 Å². The molecule has 0 bridgehead atoms. The van der Waals surface area contributed by atoms with Crippen LogP contribution in [0.3, 0.4) is 0 Å². The second-order valence-corrected chi connectivity index (χ2v) is 9.08. The lowest BCUT2D eigenvalue weighted by molar-refractivity contribution is -0.117. The molecule has 1 atom stereocenters. The molecular formula is C26H33N5O. The van der Waals surface area contributed by atoms with Gasteiger partial charge in [-0.3, -0.25) is 14.7 Å². The standard InChI is InChI=1S/C26H33N5O/c1-18(2)31-25(11-12-27-31)29-26(32)17-30-13-7-10-24(30)23-16-21(14-20(4)28-23)15-22-9-6-5-8-19(22)3/h5-6,8-9,11-12,14,16,18,24H,7,10,13,15,17H2,1-4H3,(H,29,32)/t24-/m0/s1. The molecule has 1 aliphatic rings. The van der Waals surface area contributed by atoms with Crippen molar-refractivity contribution in [3.05, 3.63) is 76.7 Å². The minimum atomic E-state index is -0.00733. The fraction of sp³-hybridized carbons (Fsp3) is 0.423. The molecule has 1 saturated heterocycles. The largest absolute Gasteiger partial charge is 0.310 e. The number of aryl methyl sites for hydroxylation is 2. The number of hydrogen-bond acceptors (Lipinski definition) is 4. The van der Waals surface area contributed by atoms with Gasteiger partial charge in [0.1, 0.15) is 5.82 Å². The quantitative estimate of drug-likeness (QED) is 0.581. The lowest BCUT2D eigenvalue weighted by Gasteiger charge is -2.24. The van der Waals surface area contributed by atoms with E-state index in [9.17, 15) is 4.79 Å². The third-order valence-corrected chi connectivity index (χ3v) is 6.17. The molecule has 1 N–H and O–H groups in total. The number of aromatic nitrogens is 3. The van der Waals surface area contributed by atoms with Gasteiger partial charge in [0, 0.05) is 17.8 Å². The van der Waals surface area contributed by atoms with Crippen LogP contribution in [0.1, 0.15) is 66.9 Å². The number of rotatable bonds is 7. The number of anilines is 1. The van der Waals surface area contributed by atoms with Crippen LogP contribution >= 0.6 is 0 Å². The molecule has 1 fully saturated rings. The minimum Gasteiger partial charge on any atom is -0.310 e. The summed E-state index contributed by atoms with van der Waals surface area (Å²) in [6.07, 6.45) is 4.72. The highest BCUT2D eigenvalue weighted by atomic mass is 16.2. The van der Waals surface area contributed by atoms with Crippen LogP contribution in [0.25, 0.3) is 0 Å². The van der Waals surface area contributed by atoms with Crippen LogP contribution in [0.4, 0.5) is 5.82 Å². The Morgan fingerprint density at radius 2 is 2.00 bits per heavy atom. The van der Waals surface area contributed by atoms with Crippen molar-refractivity contribution in [3.8, 4) is 0 Å². The zero-order valence-electron chi connectivity index (χ0n) is 19.5. The first-order chi connectivity index (χ1) is 15.4. The van der Waals surface area contributed by atoms with Gasteiger partial charge in [0.15, 0.2) is 0 Å². The van der Waals surface area contributed by atoms with Crippen LogP contribution in [0.5, 0.6) is 0 Å². The maximum Gasteiger partial charge on any atom is 0.239 e. The highest BCUT2D eigenvalue weighted by Gasteiger charge is 2.29. The smallest absolute Gasteiger partial charge is 0.239 e. The van der Waals surface area contributed by atoms with Gasteiger partial charge in [-0.1, -0.05) is 24.3 Å². The predicted molar refractivity (Wildman–Crippen MR) is 128 cm³/mol. The molecule has 32 heavy (non-hydrogen) atoms. The summed E-state index contributed by atoms with van der Waals surface area (Å²) in [6.45, 7) is 9.59. The van der Waals surface area contributed by atoms with Gasteiger partial charge in [-0.05, 0) is 82.3 Å². The Morgan fingerprint density at radius 1 is 1.19 bits per heavy atom. The topological polar surface area (TPSA) is 63.1 Å². The number of nitrogens with zero attached hydrogens (tertiary/aromatic N) is 4. The van der Waals surface area contributed by atoms with E-state index >= 15 is 0 Å². The summed E-state index contributed by atoms with van der Waals surface area (Å²) in [4.78, 5) is 19.9. The number of amides is 1. The van der Waals surface area contributed by atoms with Gasteiger partial charge in [-0.15, -0.1) is 0 Å². The Balaban J connectivity index is 1.48. The highest BCUT2D eigenvalue weighted by molar-refractivity contribution is 5.91. The number of nitrogens with one attached hydrogen (secondary N) is 1. The molecule has 1 aliphatic heterocycles. The molecule has 0 spiro atoms. The number of benzene rings is 1. The summed E-state index contributed by atoms with van der Waals surface area (Å²) in [5.41, 5.74) is 6.03. The predicted octanol–water partition coefficient (Wildman–Crippen LogP) is 4.84. The second-order valence-electron chi connectivity index (χ2n) is 9.08. The summed E-state index contributed by atoms with van der Waals surface area (Å²) in [5.74, 6) is 0.738. The van der Waals surface area contributed by atoms with Crippen LogP contribution in [-0.2, 0) is 11.2 Å². The van der Waals surface area contributed by atoms with Crippen molar-refractivity contribution in [3.63, 3.8) is 0 Å². The zero-order valence-corrected chi connectivity index (χ0v) is 19.5. The van der Waals surface area contributed by atoms with Crippen LogP contribution in [-0.4, -0.2) is 38.7 Å². The van der Waals surface area contributed by atoms with E-state index in [0.717, 1.165) is 43.0 Å². The fourth-order valence-electron chi connectivity index (χ4n) is 4.61. The number of hydrogen-bond donors (Lipinski definition) is 1. The summed E-state index contributed by atoms with van der Waals surface area (Å²) < 4.78 is 1.83. The first-order valence-corrected chi connectivity index (χ1v) is 11.5. The van der Waals surface area contributed by atoms with E-state index in [0.29, 0.717) is 6.54 Å². The van der Waals surface area contributed by atoms with E-state index in [-0.39, 0.29) is 18.0 Å². The third kappa shape index (κ3) is 5.07. The molecular weight excluding hydrogens is 398 g/mol. The molecule has 168 valence electrons. The van der Waals surface area contributed by atoms with Crippen molar-refractivity contribution in [2.45, 2.75) is 59.0 Å². The van der Waals surface area contributed by atoms with E-state index in [1.807, 2.05) is 10.7 Å². The van der Waals surface area contributed by atoms with Gasteiger partial charge < -0.3 is 5.32 Å². The Kier molecular flexibility index (Phi) is 6.70. The second kappa shape index (κ2) is 9.65. The van der Waals surface area contributed by atoms with Gasteiger partial charge in [0.05, 0.1) is 24.5 Å². The van der Waals surface area contributed by atoms with Gasteiger partial charge in [0.2, 0.25) is 5.91 Å². The monoisotopic (exact) mass is 431 g/mol. The number of pyridine rings is 1. The Hall–Kier alpha value is -2.99. The van der Waals surface area contributed by atoms with Crippen molar-refractivity contribution in [1.82, 2.24) is 19.7 Å². The number of likely N-dealkylation sites (tertiary alicyclic amines) is 1. The molecule has 6 nitrogen and oxygen atoms in total. The molecule has 2 aromatic heterocycles. The van der Waals surface area contributed by atoms with Gasteiger partial charge >= 0.3 is 0 Å². The third-order valence-electron chi connectivity index (χ3n) is 6.17. The van der Waals surface area contributed by atoms with Crippen molar-refractivity contribution < 1.29 is 4.79 Å². The molecule has 3 heterocycles. The first-order valence-electron chi connectivity index (χ1n) is 11.5. The fourth-order valence-corrected chi connectivity index (χ4v) is 4.61. The molecule has 6 heteroatoms. The molecule has 0 saturated carbocycles. The average Bonchev–Trinajstić information content (AvgIpc) is 3.39. The molecule has 1 amide bonds. The van der Waals surface area contributed by atoms with E-state index in [2.05, 4.69) is 79.4 Å². The first kappa shape index (κ1) is 22.2. The van der Waals surface area contributed by atoms with Crippen LogP contribution < -0.4 is 5.32 Å². The normalized spacial score (nSPS) is 16.6. The SMILES string of the molecule is Cc1cc(Cc2ccccc2C)cc([C@@H]2CCCN2CC(=O)Nc2ccnn2C(C)C)n1. The zero-order chi connectivity index (χ0) is 22.7. The van der Waals surface area contributed by atoms with Crippen LogP contribution in [0, 0.1) is 13.8 Å². The maximum atomic E-state index is 12.8. The summed E-state index contributed by atoms with van der Waals surface area (Å²) in [6, 6.07) is 15.2. The molecule has 4 rings (SSSR count). The molecule has 1 aromatic carbocycles. The Labute approximate surface area is 190 Å². The lowest BCUT2D eigenvalue weighted by atomic mass is 9.99.